The number of fused-ring (bicyclic) bond motifs is 2. The van der Waals surface area contributed by atoms with Crippen LogP contribution in [0, 0.1) is 0 Å². The summed E-state index contributed by atoms with van der Waals surface area (Å²) < 4.78 is 4.96. The fourth-order valence-corrected chi connectivity index (χ4v) is 2.87. The van der Waals surface area contributed by atoms with Crippen molar-refractivity contribution in [2.24, 2.45) is 0 Å². The topological polar surface area (TPSA) is 96.1 Å². The maximum Gasteiger partial charge on any atom is 0.338 e. The Balaban J connectivity index is 1.56. The summed E-state index contributed by atoms with van der Waals surface area (Å²) in [4.78, 5) is 24.1. The normalized spacial score (nSPS) is 19.3. The van der Waals surface area contributed by atoms with Crippen LogP contribution < -0.4 is 10.6 Å². The van der Waals surface area contributed by atoms with Crippen LogP contribution in [0.5, 0.6) is 0 Å². The molecule has 1 aromatic carbocycles. The van der Waals surface area contributed by atoms with E-state index in [2.05, 4.69) is 20.8 Å². The van der Waals surface area contributed by atoms with Crippen molar-refractivity contribution in [1.29, 1.82) is 0 Å². The number of rotatable bonds is 2. The third-order valence-electron chi connectivity index (χ3n) is 4.05. The molecule has 2 aliphatic heterocycles. The molecule has 0 unspecified atom stereocenters. The van der Waals surface area contributed by atoms with E-state index in [4.69, 9.17) is 4.74 Å². The number of cyclic esters (lactones) is 1. The lowest BCUT2D eigenvalue weighted by Gasteiger charge is -2.22. The van der Waals surface area contributed by atoms with Gasteiger partial charge in [-0.2, -0.15) is 5.10 Å². The number of aromatic nitrogens is 2. The summed E-state index contributed by atoms with van der Waals surface area (Å²) in [5.74, 6) is -0.772. The molecule has 4 rings (SSSR count). The second kappa shape index (κ2) is 4.96. The van der Waals surface area contributed by atoms with Gasteiger partial charge in [-0.1, -0.05) is 6.07 Å². The van der Waals surface area contributed by atoms with Crippen molar-refractivity contribution in [1.82, 2.24) is 15.5 Å². The SMILES string of the molecule is O=C1OCc2ccc(NC(=O)[C@H]3CNCc4[nH]ncc43)cc21. The van der Waals surface area contributed by atoms with Crippen LogP contribution in [0.3, 0.4) is 0 Å². The number of amides is 1. The van der Waals surface area contributed by atoms with E-state index in [-0.39, 0.29) is 17.8 Å². The third-order valence-corrected chi connectivity index (χ3v) is 4.05. The highest BCUT2D eigenvalue weighted by molar-refractivity contribution is 5.99. The average Bonchev–Trinajstić information content (AvgIpc) is 3.14. The highest BCUT2D eigenvalue weighted by Crippen LogP contribution is 2.26. The molecule has 0 radical (unpaired) electrons. The number of hydrogen-bond acceptors (Lipinski definition) is 5. The number of carbonyl (C=O) groups is 2. The fourth-order valence-electron chi connectivity index (χ4n) is 2.87. The fraction of sp³-hybridized carbons (Fsp3) is 0.267. The molecule has 112 valence electrons. The quantitative estimate of drug-likeness (QED) is 0.716. The molecule has 0 aliphatic carbocycles. The maximum absolute atomic E-state index is 12.5. The van der Waals surface area contributed by atoms with Crippen LogP contribution in [0.1, 0.15) is 33.1 Å². The summed E-state index contributed by atoms with van der Waals surface area (Å²) in [6, 6.07) is 5.25. The molecule has 22 heavy (non-hydrogen) atoms. The smallest absolute Gasteiger partial charge is 0.338 e. The number of carbonyl (C=O) groups excluding carboxylic acids is 2. The number of aromatic amines is 1. The molecule has 3 N–H and O–H groups in total. The summed E-state index contributed by atoms with van der Waals surface area (Å²) >= 11 is 0. The van der Waals surface area contributed by atoms with E-state index in [1.165, 1.54) is 0 Å². The van der Waals surface area contributed by atoms with Crippen molar-refractivity contribution < 1.29 is 14.3 Å². The molecular formula is C15H14N4O3. The van der Waals surface area contributed by atoms with Gasteiger partial charge in [0.1, 0.15) is 6.61 Å². The van der Waals surface area contributed by atoms with Crippen LogP contribution in [0.15, 0.2) is 24.4 Å². The summed E-state index contributed by atoms with van der Waals surface area (Å²) in [7, 11) is 0. The monoisotopic (exact) mass is 298 g/mol. The molecule has 0 spiro atoms. The van der Waals surface area contributed by atoms with Gasteiger partial charge in [0.15, 0.2) is 0 Å². The molecule has 7 nitrogen and oxygen atoms in total. The van der Waals surface area contributed by atoms with Gasteiger partial charge in [-0.3, -0.25) is 9.89 Å². The molecule has 1 aromatic heterocycles. The molecule has 2 aliphatic rings. The van der Waals surface area contributed by atoms with Crippen molar-refractivity contribution in [3.8, 4) is 0 Å². The van der Waals surface area contributed by atoms with E-state index in [1.54, 1.807) is 24.4 Å². The van der Waals surface area contributed by atoms with Crippen molar-refractivity contribution in [3.05, 3.63) is 46.8 Å². The molecular weight excluding hydrogens is 284 g/mol. The Bertz CT molecular complexity index is 768. The molecule has 1 amide bonds. The Morgan fingerprint density at radius 2 is 2.32 bits per heavy atom. The summed E-state index contributed by atoms with van der Waals surface area (Å²) in [5, 5.41) is 12.9. The van der Waals surface area contributed by atoms with Crippen molar-refractivity contribution in [2.75, 3.05) is 11.9 Å². The minimum atomic E-state index is -0.345. The van der Waals surface area contributed by atoms with E-state index in [0.717, 1.165) is 16.8 Å². The van der Waals surface area contributed by atoms with E-state index in [1.807, 2.05) is 0 Å². The zero-order valence-corrected chi connectivity index (χ0v) is 11.7. The Morgan fingerprint density at radius 1 is 1.41 bits per heavy atom. The van der Waals surface area contributed by atoms with Crippen molar-refractivity contribution in [3.63, 3.8) is 0 Å². The van der Waals surface area contributed by atoms with Gasteiger partial charge in [-0.25, -0.2) is 4.79 Å². The van der Waals surface area contributed by atoms with Gasteiger partial charge < -0.3 is 15.4 Å². The van der Waals surface area contributed by atoms with E-state index < -0.39 is 0 Å². The predicted molar refractivity (Wildman–Crippen MR) is 77.2 cm³/mol. The van der Waals surface area contributed by atoms with Gasteiger partial charge in [0.25, 0.3) is 0 Å². The first-order valence-corrected chi connectivity index (χ1v) is 7.06. The number of hydrogen-bond donors (Lipinski definition) is 3. The largest absolute Gasteiger partial charge is 0.457 e. The Hall–Kier alpha value is -2.67. The second-order valence-electron chi connectivity index (χ2n) is 5.42. The van der Waals surface area contributed by atoms with E-state index in [0.29, 0.717) is 30.9 Å². The van der Waals surface area contributed by atoms with Crippen LogP contribution in [0.25, 0.3) is 0 Å². The van der Waals surface area contributed by atoms with Crippen LogP contribution >= 0.6 is 0 Å². The lowest BCUT2D eigenvalue weighted by Crippen LogP contribution is -2.35. The van der Waals surface area contributed by atoms with Crippen LogP contribution in [0.4, 0.5) is 5.69 Å². The molecule has 3 heterocycles. The van der Waals surface area contributed by atoms with E-state index in [9.17, 15) is 9.59 Å². The van der Waals surface area contributed by atoms with Crippen LogP contribution in [-0.4, -0.2) is 28.6 Å². The molecule has 1 atom stereocenters. The number of H-pyrrole nitrogens is 1. The number of ether oxygens (including phenoxy) is 1. The minimum absolute atomic E-state index is 0.124. The predicted octanol–water partition coefficient (Wildman–Crippen LogP) is 0.906. The lowest BCUT2D eigenvalue weighted by atomic mass is 9.95. The van der Waals surface area contributed by atoms with Gasteiger partial charge in [-0.15, -0.1) is 0 Å². The zero-order chi connectivity index (χ0) is 15.1. The van der Waals surface area contributed by atoms with Gasteiger partial charge in [0.2, 0.25) is 5.91 Å². The molecule has 7 heteroatoms. The maximum atomic E-state index is 12.5. The first kappa shape index (κ1) is 13.0. The number of nitrogens with zero attached hydrogens (tertiary/aromatic N) is 1. The second-order valence-corrected chi connectivity index (χ2v) is 5.42. The van der Waals surface area contributed by atoms with Gasteiger partial charge >= 0.3 is 5.97 Å². The number of benzene rings is 1. The first-order chi connectivity index (χ1) is 10.7. The Kier molecular flexibility index (Phi) is 2.93. The number of nitrogens with one attached hydrogen (secondary N) is 3. The lowest BCUT2D eigenvalue weighted by molar-refractivity contribution is -0.117. The zero-order valence-electron chi connectivity index (χ0n) is 11.7. The first-order valence-electron chi connectivity index (χ1n) is 7.06. The summed E-state index contributed by atoms with van der Waals surface area (Å²) in [6.45, 7) is 1.54. The molecule has 2 aromatic rings. The van der Waals surface area contributed by atoms with Gasteiger partial charge in [-0.05, 0) is 12.1 Å². The highest BCUT2D eigenvalue weighted by Gasteiger charge is 2.28. The average molecular weight is 298 g/mol. The van der Waals surface area contributed by atoms with Crippen molar-refractivity contribution in [2.45, 2.75) is 19.1 Å². The molecule has 0 bridgehead atoms. The van der Waals surface area contributed by atoms with Crippen LogP contribution in [0.2, 0.25) is 0 Å². The highest BCUT2D eigenvalue weighted by atomic mass is 16.5. The van der Waals surface area contributed by atoms with Crippen molar-refractivity contribution >= 4 is 17.6 Å². The number of anilines is 1. The Labute approximate surface area is 126 Å². The summed E-state index contributed by atoms with van der Waals surface area (Å²) in [6.07, 6.45) is 1.69. The van der Waals surface area contributed by atoms with Crippen LogP contribution in [-0.2, 0) is 22.7 Å². The third kappa shape index (κ3) is 2.06. The molecule has 0 fully saturated rings. The van der Waals surface area contributed by atoms with Gasteiger partial charge in [0.05, 0.1) is 23.4 Å². The van der Waals surface area contributed by atoms with Gasteiger partial charge in [0, 0.05) is 29.9 Å². The number of esters is 1. The minimum Gasteiger partial charge on any atom is -0.457 e. The van der Waals surface area contributed by atoms with E-state index >= 15 is 0 Å². The molecule has 0 saturated carbocycles. The standard InChI is InChI=1S/C15H14N4O3/c20-14(12-4-16-6-13-11(12)5-17-19-13)18-9-2-1-8-7-22-15(21)10(8)3-9/h1-3,5,12,16H,4,6-7H2,(H,17,19)(H,18,20)/t12-/m0/s1. The molecule has 0 saturated heterocycles. The summed E-state index contributed by atoms with van der Waals surface area (Å²) in [5.41, 5.74) is 3.81. The Morgan fingerprint density at radius 3 is 3.23 bits per heavy atom.